The lowest BCUT2D eigenvalue weighted by Gasteiger charge is -2.32. The van der Waals surface area contributed by atoms with E-state index in [1.54, 1.807) is 18.0 Å². The molecule has 1 aromatic carbocycles. The van der Waals surface area contributed by atoms with Crippen LogP contribution in [-0.2, 0) is 11.3 Å². The van der Waals surface area contributed by atoms with Gasteiger partial charge in [0, 0.05) is 38.3 Å². The van der Waals surface area contributed by atoms with Crippen LogP contribution in [0.5, 0.6) is 5.75 Å². The molecule has 0 aromatic heterocycles. The summed E-state index contributed by atoms with van der Waals surface area (Å²) >= 11 is 0. The Morgan fingerprint density at radius 1 is 1.37 bits per heavy atom. The summed E-state index contributed by atoms with van der Waals surface area (Å²) in [7, 11) is 1.75. The lowest BCUT2D eigenvalue weighted by atomic mass is 10.1. The molecule has 1 fully saturated rings. The van der Waals surface area contributed by atoms with E-state index in [0.717, 1.165) is 30.1 Å². The minimum atomic E-state index is -0.227. The van der Waals surface area contributed by atoms with E-state index < -0.39 is 0 Å². The molecule has 1 aliphatic rings. The maximum atomic E-state index is 11.8. The van der Waals surface area contributed by atoms with Crippen LogP contribution in [0.25, 0.3) is 0 Å². The number of piperidine rings is 1. The number of aliphatic imine (C=N–C) groups is 1. The van der Waals surface area contributed by atoms with Crippen LogP contribution >= 0.6 is 0 Å². The van der Waals surface area contributed by atoms with Crippen molar-refractivity contribution in [3.63, 3.8) is 0 Å². The van der Waals surface area contributed by atoms with Gasteiger partial charge in [-0.15, -0.1) is 0 Å². The first-order valence-electron chi connectivity index (χ1n) is 9.38. The highest BCUT2D eigenvalue weighted by Gasteiger charge is 2.24. The smallest absolute Gasteiger partial charge is 0.409 e. The number of benzene rings is 1. The molecular formula is C20H30N4O3. The third kappa shape index (κ3) is 6.51. The van der Waals surface area contributed by atoms with Gasteiger partial charge in [0.05, 0.1) is 6.61 Å². The van der Waals surface area contributed by atoms with Crippen molar-refractivity contribution in [2.24, 2.45) is 4.99 Å². The van der Waals surface area contributed by atoms with Gasteiger partial charge < -0.3 is 25.0 Å². The number of rotatable bonds is 7. The Balaban J connectivity index is 1.82. The predicted octanol–water partition coefficient (Wildman–Crippen LogP) is 2.54. The van der Waals surface area contributed by atoms with Gasteiger partial charge in [0.2, 0.25) is 0 Å². The molecular weight excluding hydrogens is 344 g/mol. The number of nitrogens with zero attached hydrogens (tertiary/aromatic N) is 2. The van der Waals surface area contributed by atoms with Gasteiger partial charge >= 0.3 is 6.09 Å². The van der Waals surface area contributed by atoms with E-state index in [1.807, 2.05) is 31.2 Å². The third-order valence-electron chi connectivity index (χ3n) is 4.36. The quantitative estimate of drug-likeness (QED) is 0.436. The van der Waals surface area contributed by atoms with Crippen molar-refractivity contribution in [1.29, 1.82) is 0 Å². The number of likely N-dealkylation sites (tertiary alicyclic amines) is 1. The number of hydrogen-bond donors (Lipinski definition) is 2. The Hall–Kier alpha value is -2.70. The van der Waals surface area contributed by atoms with Crippen molar-refractivity contribution in [1.82, 2.24) is 15.5 Å². The summed E-state index contributed by atoms with van der Waals surface area (Å²) in [5.74, 6) is 1.58. The molecule has 0 atom stereocenters. The molecule has 2 rings (SSSR count). The maximum absolute atomic E-state index is 11.8. The van der Waals surface area contributed by atoms with E-state index >= 15 is 0 Å². The summed E-state index contributed by atoms with van der Waals surface area (Å²) in [6, 6.07) is 8.18. The van der Waals surface area contributed by atoms with Crippen LogP contribution in [0.1, 0.15) is 25.3 Å². The summed E-state index contributed by atoms with van der Waals surface area (Å²) in [6.45, 7) is 8.37. The van der Waals surface area contributed by atoms with Crippen molar-refractivity contribution in [2.75, 3.05) is 33.4 Å². The summed E-state index contributed by atoms with van der Waals surface area (Å²) in [5.41, 5.74) is 1.06. The first-order valence-corrected chi connectivity index (χ1v) is 9.38. The van der Waals surface area contributed by atoms with Crippen molar-refractivity contribution in [2.45, 2.75) is 32.4 Å². The number of carbonyl (C=O) groups excluding carboxylic acids is 1. The second kappa shape index (κ2) is 11.1. The molecule has 1 heterocycles. The number of hydrogen-bond acceptors (Lipinski definition) is 4. The van der Waals surface area contributed by atoms with Gasteiger partial charge in [0.1, 0.15) is 12.4 Å². The van der Waals surface area contributed by atoms with Gasteiger partial charge in [-0.2, -0.15) is 0 Å². The molecule has 27 heavy (non-hydrogen) atoms. The summed E-state index contributed by atoms with van der Waals surface area (Å²) in [6.07, 6.45) is 3.22. The first kappa shape index (κ1) is 20.6. The molecule has 0 spiro atoms. The Bertz CT molecular complexity index is 640. The standard InChI is InChI=1S/C20H30N4O3/c1-4-14-27-18-9-7-6-8-16(18)15-22-19(21-3)23-17-10-12-24(13-11-17)20(25)26-5-2/h4,6-9,17H,1,5,10-15H2,2-3H3,(H2,21,22,23). The van der Waals surface area contributed by atoms with Crippen LogP contribution in [0.4, 0.5) is 4.79 Å². The highest BCUT2D eigenvalue weighted by molar-refractivity contribution is 5.80. The zero-order valence-electron chi connectivity index (χ0n) is 16.2. The molecule has 1 aromatic rings. The molecule has 0 aliphatic carbocycles. The fourth-order valence-corrected chi connectivity index (χ4v) is 2.93. The number of guanidine groups is 1. The summed E-state index contributed by atoms with van der Waals surface area (Å²) < 4.78 is 10.7. The number of ether oxygens (including phenoxy) is 2. The fourth-order valence-electron chi connectivity index (χ4n) is 2.93. The van der Waals surface area contributed by atoms with Crippen LogP contribution in [0.2, 0.25) is 0 Å². The average Bonchev–Trinajstić information content (AvgIpc) is 2.70. The molecule has 0 radical (unpaired) electrons. The van der Waals surface area contributed by atoms with E-state index in [4.69, 9.17) is 9.47 Å². The molecule has 0 unspecified atom stereocenters. The van der Waals surface area contributed by atoms with Crippen LogP contribution in [-0.4, -0.2) is 56.3 Å². The van der Waals surface area contributed by atoms with E-state index in [2.05, 4.69) is 22.2 Å². The van der Waals surface area contributed by atoms with Crippen LogP contribution in [0.3, 0.4) is 0 Å². The molecule has 0 saturated carbocycles. The number of carbonyl (C=O) groups is 1. The molecule has 0 bridgehead atoms. The Morgan fingerprint density at radius 3 is 2.78 bits per heavy atom. The van der Waals surface area contributed by atoms with Gasteiger partial charge in [-0.05, 0) is 25.8 Å². The Kier molecular flexibility index (Phi) is 8.48. The average molecular weight is 374 g/mol. The minimum absolute atomic E-state index is 0.227. The highest BCUT2D eigenvalue weighted by atomic mass is 16.6. The van der Waals surface area contributed by atoms with Crippen molar-refractivity contribution >= 4 is 12.1 Å². The van der Waals surface area contributed by atoms with E-state index in [0.29, 0.717) is 32.8 Å². The predicted molar refractivity (Wildman–Crippen MR) is 107 cm³/mol. The monoisotopic (exact) mass is 374 g/mol. The lowest BCUT2D eigenvalue weighted by Crippen LogP contribution is -2.49. The van der Waals surface area contributed by atoms with Crippen molar-refractivity contribution in [3.05, 3.63) is 42.5 Å². The SMILES string of the molecule is C=CCOc1ccccc1CNC(=NC)NC1CCN(C(=O)OCC)CC1. The molecule has 1 aliphatic heterocycles. The Labute approximate surface area is 161 Å². The number of amides is 1. The molecule has 2 N–H and O–H groups in total. The van der Waals surface area contributed by atoms with Gasteiger partial charge in [-0.1, -0.05) is 30.9 Å². The molecule has 1 amide bonds. The maximum Gasteiger partial charge on any atom is 0.409 e. The molecule has 7 heteroatoms. The van der Waals surface area contributed by atoms with Gasteiger partial charge in [0.15, 0.2) is 5.96 Å². The zero-order valence-corrected chi connectivity index (χ0v) is 16.2. The molecule has 7 nitrogen and oxygen atoms in total. The normalized spacial score (nSPS) is 15.2. The van der Waals surface area contributed by atoms with Crippen molar-refractivity contribution < 1.29 is 14.3 Å². The second-order valence-corrected chi connectivity index (χ2v) is 6.24. The zero-order chi connectivity index (χ0) is 19.5. The largest absolute Gasteiger partial charge is 0.489 e. The summed E-state index contributed by atoms with van der Waals surface area (Å²) in [4.78, 5) is 17.8. The second-order valence-electron chi connectivity index (χ2n) is 6.24. The number of para-hydroxylation sites is 1. The van der Waals surface area contributed by atoms with E-state index in [-0.39, 0.29) is 12.1 Å². The molecule has 1 saturated heterocycles. The number of nitrogens with one attached hydrogen (secondary N) is 2. The summed E-state index contributed by atoms with van der Waals surface area (Å²) in [5, 5.41) is 6.77. The van der Waals surface area contributed by atoms with Gasteiger partial charge in [-0.3, -0.25) is 4.99 Å². The van der Waals surface area contributed by atoms with E-state index in [1.165, 1.54) is 0 Å². The van der Waals surface area contributed by atoms with E-state index in [9.17, 15) is 4.79 Å². The fraction of sp³-hybridized carbons (Fsp3) is 0.500. The highest BCUT2D eigenvalue weighted by Crippen LogP contribution is 2.17. The topological polar surface area (TPSA) is 75.2 Å². The van der Waals surface area contributed by atoms with Gasteiger partial charge in [-0.25, -0.2) is 4.79 Å². The van der Waals surface area contributed by atoms with Crippen LogP contribution < -0.4 is 15.4 Å². The van der Waals surface area contributed by atoms with Gasteiger partial charge in [0.25, 0.3) is 0 Å². The third-order valence-corrected chi connectivity index (χ3v) is 4.36. The van der Waals surface area contributed by atoms with Crippen molar-refractivity contribution in [3.8, 4) is 5.75 Å². The van der Waals surface area contributed by atoms with Crippen LogP contribution in [0, 0.1) is 0 Å². The Morgan fingerprint density at radius 2 is 2.11 bits per heavy atom. The van der Waals surface area contributed by atoms with Crippen LogP contribution in [0.15, 0.2) is 41.9 Å². The minimum Gasteiger partial charge on any atom is -0.489 e. The lowest BCUT2D eigenvalue weighted by molar-refractivity contribution is 0.0963. The molecule has 148 valence electrons. The first-order chi connectivity index (χ1) is 13.2.